The number of carbonyl (C=O) groups excluding carboxylic acids is 1. The molecule has 5 nitrogen and oxygen atoms in total. The minimum atomic E-state index is -0.760. The highest BCUT2D eigenvalue weighted by Gasteiger charge is 2.51. The average Bonchev–Trinajstić information content (AvgIpc) is 3.10. The summed E-state index contributed by atoms with van der Waals surface area (Å²) in [6.07, 6.45) is 2.72. The number of halogens is 1. The maximum Gasteiger partial charge on any atom is 0.250 e. The van der Waals surface area contributed by atoms with E-state index in [4.69, 9.17) is 9.47 Å². The number of hydrogen-bond donors (Lipinski definition) is 1. The molecule has 130 valence electrons. The van der Waals surface area contributed by atoms with Crippen molar-refractivity contribution >= 4 is 16.8 Å². The Labute approximate surface area is 147 Å². The first kappa shape index (κ1) is 17.4. The summed E-state index contributed by atoms with van der Waals surface area (Å²) in [5, 5.41) is 1.09. The molecule has 0 amide bonds. The molecule has 1 spiro atoms. The lowest BCUT2D eigenvalue weighted by atomic mass is 9.84. The van der Waals surface area contributed by atoms with Crippen LogP contribution < -0.4 is 18.1 Å². The van der Waals surface area contributed by atoms with Crippen LogP contribution in [-0.4, -0.2) is 29.7 Å². The van der Waals surface area contributed by atoms with E-state index >= 15 is 0 Å². The summed E-state index contributed by atoms with van der Waals surface area (Å²) in [4.78, 5) is 12.8. The van der Waals surface area contributed by atoms with Gasteiger partial charge in [0.25, 0.3) is 0 Å². The number of quaternary nitrogens is 1. The van der Waals surface area contributed by atoms with Gasteiger partial charge in [-0.2, -0.15) is 0 Å². The van der Waals surface area contributed by atoms with Crippen LogP contribution in [0.3, 0.4) is 0 Å². The van der Waals surface area contributed by atoms with E-state index in [9.17, 15) is 4.79 Å². The zero-order valence-corrected chi connectivity index (χ0v) is 15.0. The van der Waals surface area contributed by atoms with Crippen LogP contribution in [0.1, 0.15) is 36.7 Å². The second-order valence-electron chi connectivity index (χ2n) is 7.54. The molecule has 0 saturated carbocycles. The van der Waals surface area contributed by atoms with Crippen molar-refractivity contribution in [2.75, 3.05) is 13.2 Å². The van der Waals surface area contributed by atoms with Crippen LogP contribution in [0.5, 0.6) is 0 Å². The third-order valence-corrected chi connectivity index (χ3v) is 4.86. The van der Waals surface area contributed by atoms with E-state index in [1.165, 1.54) is 0 Å². The van der Waals surface area contributed by atoms with E-state index in [1.54, 1.807) is 4.57 Å². The molecule has 1 unspecified atom stereocenters. The first-order valence-corrected chi connectivity index (χ1v) is 8.14. The second-order valence-corrected chi connectivity index (χ2v) is 7.54. The predicted octanol–water partition coefficient (Wildman–Crippen LogP) is -1.30. The van der Waals surface area contributed by atoms with Crippen molar-refractivity contribution in [3.05, 3.63) is 35.5 Å². The van der Waals surface area contributed by atoms with Gasteiger partial charge in [0.2, 0.25) is 11.7 Å². The maximum atomic E-state index is 12.8. The van der Waals surface area contributed by atoms with Gasteiger partial charge >= 0.3 is 0 Å². The van der Waals surface area contributed by atoms with Crippen LogP contribution in [-0.2, 0) is 21.7 Å². The normalized spacial score (nSPS) is 21.9. The number of fused-ring (bicyclic) bond motifs is 1. The van der Waals surface area contributed by atoms with Gasteiger partial charge in [-0.05, 0) is 11.6 Å². The van der Waals surface area contributed by atoms with Crippen molar-refractivity contribution in [1.29, 1.82) is 0 Å². The van der Waals surface area contributed by atoms with Crippen LogP contribution in [0.15, 0.2) is 24.4 Å². The Morgan fingerprint density at radius 2 is 1.96 bits per heavy atom. The van der Waals surface area contributed by atoms with E-state index in [-0.39, 0.29) is 24.4 Å². The third kappa shape index (κ3) is 2.23. The van der Waals surface area contributed by atoms with Crippen LogP contribution in [0.25, 0.3) is 10.9 Å². The van der Waals surface area contributed by atoms with Gasteiger partial charge in [0.15, 0.2) is 0 Å². The number of carbonyl (C=O) groups is 1. The quantitative estimate of drug-likeness (QED) is 0.642. The predicted molar refractivity (Wildman–Crippen MR) is 86.0 cm³/mol. The molecule has 24 heavy (non-hydrogen) atoms. The highest BCUT2D eigenvalue weighted by molar-refractivity contribution is 5.98. The Balaban J connectivity index is 0.00000169. The van der Waals surface area contributed by atoms with E-state index < -0.39 is 11.2 Å². The van der Waals surface area contributed by atoms with Crippen molar-refractivity contribution in [3.63, 3.8) is 0 Å². The van der Waals surface area contributed by atoms with Gasteiger partial charge in [0.05, 0.1) is 18.7 Å². The van der Waals surface area contributed by atoms with Crippen LogP contribution in [0, 0.1) is 5.41 Å². The molecule has 3 N–H and O–H groups in total. The summed E-state index contributed by atoms with van der Waals surface area (Å²) >= 11 is 0. The molecular weight excluding hydrogens is 328 g/mol. The molecule has 1 aliphatic carbocycles. The molecule has 1 atom stereocenters. The first-order chi connectivity index (χ1) is 10.8. The Kier molecular flexibility index (Phi) is 4.04. The van der Waals surface area contributed by atoms with E-state index in [2.05, 4.69) is 5.73 Å². The fraction of sp³-hybridized carbons (Fsp3) is 0.500. The molecule has 0 radical (unpaired) electrons. The maximum absolute atomic E-state index is 12.8. The van der Waals surface area contributed by atoms with Crippen molar-refractivity contribution in [3.8, 4) is 0 Å². The van der Waals surface area contributed by atoms with Crippen molar-refractivity contribution in [1.82, 2.24) is 4.57 Å². The van der Waals surface area contributed by atoms with Crippen LogP contribution >= 0.6 is 0 Å². The average molecular weight is 351 g/mol. The molecule has 1 fully saturated rings. The van der Waals surface area contributed by atoms with E-state index in [0.717, 1.165) is 28.5 Å². The number of aromatic nitrogens is 1. The summed E-state index contributed by atoms with van der Waals surface area (Å²) in [5.74, 6) is -0.667. The number of ether oxygens (including phenoxy) is 2. The Morgan fingerprint density at radius 3 is 2.58 bits per heavy atom. The monoisotopic (exact) mass is 350 g/mol. The summed E-state index contributed by atoms with van der Waals surface area (Å²) in [7, 11) is 0. The number of benzene rings is 1. The first-order valence-electron chi connectivity index (χ1n) is 8.14. The highest BCUT2D eigenvalue weighted by atomic mass is 35.5. The van der Waals surface area contributed by atoms with Gasteiger partial charge in [-0.25, -0.2) is 0 Å². The number of hydrogen-bond acceptors (Lipinski definition) is 3. The van der Waals surface area contributed by atoms with Gasteiger partial charge in [-0.15, -0.1) is 0 Å². The van der Waals surface area contributed by atoms with Crippen molar-refractivity contribution in [2.45, 2.75) is 39.0 Å². The van der Waals surface area contributed by atoms with E-state index in [1.807, 2.05) is 45.2 Å². The zero-order chi connectivity index (χ0) is 16.4. The second kappa shape index (κ2) is 5.56. The molecule has 1 aromatic carbocycles. The smallest absolute Gasteiger partial charge is 0.250 e. The third-order valence-electron chi connectivity index (χ3n) is 4.86. The van der Waals surface area contributed by atoms with Gasteiger partial charge in [-0.3, -0.25) is 9.36 Å². The van der Waals surface area contributed by atoms with Gasteiger partial charge in [0, 0.05) is 29.0 Å². The molecule has 1 aliphatic heterocycles. The Bertz CT molecular complexity index is 800. The van der Waals surface area contributed by atoms with Gasteiger partial charge in [-0.1, -0.05) is 32.9 Å². The molecule has 1 aromatic heterocycles. The lowest BCUT2D eigenvalue weighted by Crippen LogP contribution is -3.00. The van der Waals surface area contributed by atoms with Crippen LogP contribution in [0.4, 0.5) is 0 Å². The summed E-state index contributed by atoms with van der Waals surface area (Å²) in [6, 6.07) is 5.99. The minimum absolute atomic E-state index is 0. The van der Waals surface area contributed by atoms with Crippen molar-refractivity contribution in [2.24, 2.45) is 5.41 Å². The molecular formula is C18H23ClN2O3. The highest BCUT2D eigenvalue weighted by Crippen LogP contribution is 2.44. The Hall–Kier alpha value is -1.40. The fourth-order valence-corrected chi connectivity index (χ4v) is 3.78. The van der Waals surface area contributed by atoms with Crippen molar-refractivity contribution < 1.29 is 32.4 Å². The van der Waals surface area contributed by atoms with Crippen LogP contribution in [0.2, 0.25) is 0 Å². The standard InChI is InChI=1S/C18H22N2O3.ClH/c1-17(2,3)16(21)20-10-11-9-14(19)18(22-7-8-23-18)12-5-4-6-13(20)15(11)12;/h4-6,10,14H,7-9,19H2,1-3H3;1H. The Morgan fingerprint density at radius 1 is 1.29 bits per heavy atom. The largest absolute Gasteiger partial charge is 1.00 e. The number of rotatable bonds is 0. The van der Waals surface area contributed by atoms with Gasteiger partial charge in [0.1, 0.15) is 6.04 Å². The molecule has 2 aromatic rings. The van der Waals surface area contributed by atoms with Gasteiger partial charge < -0.3 is 27.6 Å². The molecule has 2 heterocycles. The lowest BCUT2D eigenvalue weighted by Gasteiger charge is -2.34. The molecule has 6 heteroatoms. The number of nitrogens with zero attached hydrogens (tertiary/aromatic N) is 1. The summed E-state index contributed by atoms with van der Waals surface area (Å²) < 4.78 is 13.8. The minimum Gasteiger partial charge on any atom is -1.00 e. The zero-order valence-electron chi connectivity index (χ0n) is 14.3. The topological polar surface area (TPSA) is 68.1 Å². The molecule has 2 aliphatic rings. The summed E-state index contributed by atoms with van der Waals surface area (Å²) in [5.41, 5.74) is 6.93. The van der Waals surface area contributed by atoms with E-state index in [0.29, 0.717) is 13.2 Å². The SMILES string of the molecule is CC(C)(C)C(=O)n1cc2c3c(cccc31)C1(OCCO1)C([NH3+])C2.[Cl-]. The summed E-state index contributed by atoms with van der Waals surface area (Å²) in [6.45, 7) is 7.00. The molecule has 4 rings (SSSR count). The molecule has 1 saturated heterocycles. The fourth-order valence-electron chi connectivity index (χ4n) is 3.78. The molecule has 0 bridgehead atoms. The lowest BCUT2D eigenvalue weighted by molar-refractivity contribution is -0.484.